The summed E-state index contributed by atoms with van der Waals surface area (Å²) in [5, 5.41) is 8.76. The Hall–Kier alpha value is -5.61. The minimum Gasteiger partial charge on any atom is -0.495 e. The zero-order valence-electron chi connectivity index (χ0n) is 29.4. The third kappa shape index (κ3) is 7.11. The zero-order chi connectivity index (χ0) is 37.5. The van der Waals surface area contributed by atoms with Crippen molar-refractivity contribution in [3.63, 3.8) is 0 Å². The van der Waals surface area contributed by atoms with Gasteiger partial charge in [-0.1, -0.05) is 17.7 Å². The number of likely N-dealkylation sites (N-methyl/N-ethyl adjacent to an activating group) is 1. The Morgan fingerprint density at radius 2 is 1.73 bits per heavy atom. The number of anilines is 5. The van der Waals surface area contributed by atoms with Crippen molar-refractivity contribution in [2.75, 3.05) is 49.8 Å². The van der Waals surface area contributed by atoms with E-state index < -0.39 is 33.1 Å². The molecule has 0 saturated carbocycles. The number of nitrogens with one attached hydrogen (secondary N) is 3. The lowest BCUT2D eigenvalue weighted by molar-refractivity contribution is -0.119. The van der Waals surface area contributed by atoms with Crippen LogP contribution in [0.4, 0.5) is 37.6 Å². The number of hydrogen-bond acceptors (Lipinski definition) is 10. The number of carbonyl (C=O) groups is 2. The molecule has 52 heavy (non-hydrogen) atoms. The van der Waals surface area contributed by atoms with Crippen LogP contribution in [-0.4, -0.2) is 79.4 Å². The maximum Gasteiger partial charge on any atom is 0.269 e. The molecule has 3 aromatic carbocycles. The first-order chi connectivity index (χ1) is 24.7. The first-order valence-corrected chi connectivity index (χ1v) is 17.8. The molecule has 5 aromatic rings. The van der Waals surface area contributed by atoms with Crippen molar-refractivity contribution in [2.24, 2.45) is 0 Å². The van der Waals surface area contributed by atoms with Crippen LogP contribution in [0.25, 0.3) is 11.0 Å². The van der Waals surface area contributed by atoms with Gasteiger partial charge in [0.05, 0.1) is 40.9 Å². The summed E-state index contributed by atoms with van der Waals surface area (Å²) in [7, 11) is 0.896. The quantitative estimate of drug-likeness (QED) is 0.162. The van der Waals surface area contributed by atoms with Crippen LogP contribution in [0.15, 0.2) is 65.7 Å². The molecule has 0 bridgehead atoms. The molecular formula is C36H38F2N8O5S. The van der Waals surface area contributed by atoms with E-state index in [1.165, 1.54) is 31.5 Å². The van der Waals surface area contributed by atoms with E-state index in [4.69, 9.17) is 4.74 Å². The summed E-state index contributed by atoms with van der Waals surface area (Å²) in [6.45, 7) is 5.90. The summed E-state index contributed by atoms with van der Waals surface area (Å²) in [5.74, 6) is -2.74. The number of nitrogens with zero attached hydrogens (tertiary/aromatic N) is 5. The standard InChI is InChI=1S/C36H38F2N8O5S/c1-20(2)39-35(48)32-26(38)16-23(37)17-28(32)40-33-25-12-14-46(52(49,50)24-9-7-21(3)8-10-24)34(25)43-36(42-33)41-27-18-29-22(15-30(27)51-6)11-13-45(29)31(47)19-44(4)5/h7-10,12,14-18,20H,11,13,19H2,1-6H3,(H,39,48)(H2,40,41,42,43). The lowest BCUT2D eigenvalue weighted by Crippen LogP contribution is -2.36. The summed E-state index contributed by atoms with van der Waals surface area (Å²) in [5.41, 5.74) is 1.99. The number of aryl methyl sites for hydroxylation is 1. The molecule has 0 saturated heterocycles. The molecule has 3 heterocycles. The molecule has 0 unspecified atom stereocenters. The maximum absolute atomic E-state index is 15.2. The third-order valence-electron chi connectivity index (χ3n) is 8.34. The predicted octanol–water partition coefficient (Wildman–Crippen LogP) is 5.34. The Balaban J connectivity index is 1.51. The van der Waals surface area contributed by atoms with Gasteiger partial charge < -0.3 is 30.5 Å². The molecule has 272 valence electrons. The van der Waals surface area contributed by atoms with E-state index >= 15 is 4.39 Å². The lowest BCUT2D eigenvalue weighted by Gasteiger charge is -2.21. The highest BCUT2D eigenvalue weighted by atomic mass is 32.2. The largest absolute Gasteiger partial charge is 0.495 e. The van der Waals surface area contributed by atoms with E-state index in [1.807, 2.05) is 21.0 Å². The van der Waals surface area contributed by atoms with E-state index in [0.29, 0.717) is 36.2 Å². The number of fused-ring (bicyclic) bond motifs is 2. The molecule has 16 heteroatoms. The Bertz CT molecular complexity index is 2310. The van der Waals surface area contributed by atoms with Crippen molar-refractivity contribution >= 4 is 61.7 Å². The van der Waals surface area contributed by atoms with Crippen LogP contribution in [0, 0.1) is 18.6 Å². The molecule has 0 fully saturated rings. The van der Waals surface area contributed by atoms with E-state index in [1.54, 1.807) is 47.9 Å². The number of benzene rings is 3. The van der Waals surface area contributed by atoms with E-state index in [-0.39, 0.29) is 51.9 Å². The molecule has 13 nitrogen and oxygen atoms in total. The molecule has 6 rings (SSSR count). The van der Waals surface area contributed by atoms with Gasteiger partial charge in [0.1, 0.15) is 23.2 Å². The highest BCUT2D eigenvalue weighted by Crippen LogP contribution is 2.39. The number of aromatic nitrogens is 3. The van der Waals surface area contributed by atoms with Crippen molar-refractivity contribution in [1.29, 1.82) is 0 Å². The van der Waals surface area contributed by atoms with Gasteiger partial charge >= 0.3 is 0 Å². The van der Waals surface area contributed by atoms with Gasteiger partial charge in [0.2, 0.25) is 11.9 Å². The minimum atomic E-state index is -4.20. The molecule has 0 radical (unpaired) electrons. The summed E-state index contributed by atoms with van der Waals surface area (Å²) >= 11 is 0. The number of amides is 2. The summed E-state index contributed by atoms with van der Waals surface area (Å²) in [6, 6.07) is 12.5. The van der Waals surface area contributed by atoms with Crippen LogP contribution in [-0.2, 0) is 21.2 Å². The monoisotopic (exact) mass is 732 g/mol. The maximum atomic E-state index is 15.2. The summed E-state index contributed by atoms with van der Waals surface area (Å²) in [4.78, 5) is 38.8. The second-order valence-electron chi connectivity index (χ2n) is 13.0. The number of ether oxygens (including phenoxy) is 1. The second-order valence-corrected chi connectivity index (χ2v) is 14.8. The van der Waals surface area contributed by atoms with E-state index in [2.05, 4.69) is 25.9 Å². The van der Waals surface area contributed by atoms with Gasteiger partial charge in [-0.3, -0.25) is 9.59 Å². The third-order valence-corrected chi connectivity index (χ3v) is 10.0. The topological polar surface area (TPSA) is 151 Å². The van der Waals surface area contributed by atoms with Crippen molar-refractivity contribution in [1.82, 2.24) is 24.2 Å². The van der Waals surface area contributed by atoms with Gasteiger partial charge in [-0.05, 0) is 83.2 Å². The molecular weight excluding hydrogens is 695 g/mol. The molecule has 2 amide bonds. The Morgan fingerprint density at radius 3 is 2.40 bits per heavy atom. The van der Waals surface area contributed by atoms with Crippen LogP contribution < -0.4 is 25.6 Å². The lowest BCUT2D eigenvalue weighted by atomic mass is 10.1. The van der Waals surface area contributed by atoms with Crippen LogP contribution in [0.5, 0.6) is 5.75 Å². The second kappa shape index (κ2) is 14.2. The van der Waals surface area contributed by atoms with Crippen LogP contribution in [0.2, 0.25) is 0 Å². The number of methoxy groups -OCH3 is 1. The Morgan fingerprint density at radius 1 is 1.00 bits per heavy atom. The summed E-state index contributed by atoms with van der Waals surface area (Å²) < 4.78 is 64.4. The first-order valence-electron chi connectivity index (χ1n) is 16.4. The van der Waals surface area contributed by atoms with Gasteiger partial charge in [-0.2, -0.15) is 9.97 Å². The minimum absolute atomic E-state index is 0.000786. The van der Waals surface area contributed by atoms with E-state index in [9.17, 15) is 22.4 Å². The highest BCUT2D eigenvalue weighted by Gasteiger charge is 2.28. The highest BCUT2D eigenvalue weighted by molar-refractivity contribution is 7.90. The predicted molar refractivity (Wildman–Crippen MR) is 194 cm³/mol. The van der Waals surface area contributed by atoms with Crippen LogP contribution >= 0.6 is 0 Å². The number of hydrogen-bond donors (Lipinski definition) is 3. The van der Waals surface area contributed by atoms with Gasteiger partial charge in [-0.25, -0.2) is 21.2 Å². The van der Waals surface area contributed by atoms with Gasteiger partial charge in [0.15, 0.2) is 5.65 Å². The zero-order valence-corrected chi connectivity index (χ0v) is 30.2. The molecule has 2 aromatic heterocycles. The van der Waals surface area contributed by atoms with Crippen molar-refractivity contribution in [2.45, 2.75) is 38.1 Å². The smallest absolute Gasteiger partial charge is 0.269 e. The molecule has 1 aliphatic rings. The van der Waals surface area contributed by atoms with Crippen LogP contribution in [0.1, 0.15) is 35.3 Å². The molecule has 0 aliphatic carbocycles. The van der Waals surface area contributed by atoms with E-state index in [0.717, 1.165) is 21.2 Å². The molecule has 3 N–H and O–H groups in total. The fourth-order valence-electron chi connectivity index (χ4n) is 5.94. The van der Waals surface area contributed by atoms with Crippen molar-refractivity contribution in [3.8, 4) is 5.75 Å². The Kier molecular flexibility index (Phi) is 9.88. The van der Waals surface area contributed by atoms with Gasteiger partial charge in [0, 0.05) is 30.5 Å². The number of carbonyl (C=O) groups excluding carboxylic acids is 2. The number of halogens is 2. The normalized spacial score (nSPS) is 12.8. The molecule has 0 spiro atoms. The fourth-order valence-corrected chi connectivity index (χ4v) is 7.24. The SMILES string of the molecule is COc1cc2c(cc1Nc1nc(Nc3cc(F)cc(F)c3C(=O)NC(C)C)c3ccn(S(=O)(=O)c4ccc(C)cc4)c3n1)N(C(=O)CN(C)C)CC2. The summed E-state index contributed by atoms with van der Waals surface area (Å²) in [6.07, 6.45) is 1.91. The molecule has 1 aliphatic heterocycles. The van der Waals surface area contributed by atoms with Crippen molar-refractivity contribution < 1.29 is 31.5 Å². The van der Waals surface area contributed by atoms with Gasteiger partial charge in [0.25, 0.3) is 15.9 Å². The van der Waals surface area contributed by atoms with Crippen LogP contribution in [0.3, 0.4) is 0 Å². The van der Waals surface area contributed by atoms with Crippen molar-refractivity contribution in [3.05, 3.63) is 89.1 Å². The fraction of sp³-hybridized carbons (Fsp3) is 0.278. The average Bonchev–Trinajstić information content (AvgIpc) is 3.68. The number of rotatable bonds is 11. The first kappa shape index (κ1) is 36.2. The Labute approximate surface area is 299 Å². The molecule has 0 atom stereocenters. The van der Waals surface area contributed by atoms with Gasteiger partial charge in [-0.15, -0.1) is 0 Å². The average molecular weight is 733 g/mol.